The molecule has 1 rings (SSSR count). The van der Waals surface area contributed by atoms with E-state index in [1.807, 2.05) is 5.48 Å². The molecule has 0 aliphatic heterocycles. The van der Waals surface area contributed by atoms with Gasteiger partial charge in [0.2, 0.25) is 0 Å². The van der Waals surface area contributed by atoms with Gasteiger partial charge in [-0.2, -0.15) is 13.2 Å². The van der Waals surface area contributed by atoms with Crippen LogP contribution < -0.4 is 11.0 Å². The van der Waals surface area contributed by atoms with Gasteiger partial charge in [-0.05, 0) is 18.6 Å². The van der Waals surface area contributed by atoms with Gasteiger partial charge in [-0.25, -0.2) is 5.48 Å². The first-order chi connectivity index (χ1) is 7.77. The van der Waals surface area contributed by atoms with E-state index in [0.717, 1.165) is 20.1 Å². The van der Waals surface area contributed by atoms with Crippen LogP contribution >= 0.6 is 0 Å². The monoisotopic (exact) mass is 250 g/mol. The summed E-state index contributed by atoms with van der Waals surface area (Å²) in [6.45, 7) is 1.14. The third-order valence-electron chi connectivity index (χ3n) is 1.96. The number of rotatable bonds is 2. The number of carbonyl (C=O) groups excluding carboxylic acids is 1. The van der Waals surface area contributed by atoms with Gasteiger partial charge in [0.25, 0.3) is 11.5 Å². The molecule has 1 heterocycles. The van der Waals surface area contributed by atoms with Crippen LogP contribution in [0.4, 0.5) is 13.2 Å². The Hall–Kier alpha value is -1.83. The zero-order chi connectivity index (χ0) is 13.2. The van der Waals surface area contributed by atoms with E-state index in [9.17, 15) is 22.8 Å². The van der Waals surface area contributed by atoms with Crippen molar-refractivity contribution in [1.82, 2.24) is 10.5 Å². The minimum absolute atomic E-state index is 0.252. The molecule has 8 heteroatoms. The van der Waals surface area contributed by atoms with Crippen molar-refractivity contribution in [1.29, 1.82) is 0 Å². The third kappa shape index (κ3) is 2.84. The molecule has 0 saturated heterocycles. The van der Waals surface area contributed by atoms with Crippen LogP contribution in [0.5, 0.6) is 0 Å². The molecule has 0 radical (unpaired) electrons. The maximum Gasteiger partial charge on any atom is 0.431 e. The first kappa shape index (κ1) is 13.2. The summed E-state index contributed by atoms with van der Waals surface area (Å²) in [7, 11) is 1.14. The first-order valence-electron chi connectivity index (χ1n) is 4.41. The van der Waals surface area contributed by atoms with Gasteiger partial charge in [0.05, 0.1) is 7.11 Å². The van der Waals surface area contributed by atoms with Crippen molar-refractivity contribution >= 4 is 5.91 Å². The van der Waals surface area contributed by atoms with Gasteiger partial charge in [-0.15, -0.1) is 0 Å². The highest BCUT2D eigenvalue weighted by Gasteiger charge is 2.34. The van der Waals surface area contributed by atoms with Crippen LogP contribution in [0.2, 0.25) is 0 Å². The molecule has 0 bridgehead atoms. The molecule has 0 saturated carbocycles. The summed E-state index contributed by atoms with van der Waals surface area (Å²) in [5.41, 5.74) is -1.15. The Morgan fingerprint density at radius 1 is 1.47 bits per heavy atom. The van der Waals surface area contributed by atoms with E-state index < -0.39 is 28.9 Å². The number of alkyl halides is 3. The molecule has 1 aromatic rings. The number of hydrogen-bond donors (Lipinski definition) is 2. The van der Waals surface area contributed by atoms with Crippen LogP contribution in [-0.2, 0) is 11.0 Å². The standard InChI is InChI=1S/C9H9F3N2O3/c1-4-3-5(8(16)14-17-2)7(15)13-6(4)9(10,11)12/h3H,1-2H3,(H,13,15)(H,14,16). The number of hydrogen-bond acceptors (Lipinski definition) is 3. The fourth-order valence-electron chi connectivity index (χ4n) is 1.24. The Kier molecular flexibility index (Phi) is 3.56. The number of aromatic amines is 1. The van der Waals surface area contributed by atoms with E-state index >= 15 is 0 Å². The lowest BCUT2D eigenvalue weighted by atomic mass is 10.1. The highest BCUT2D eigenvalue weighted by Crippen LogP contribution is 2.29. The quantitative estimate of drug-likeness (QED) is 0.769. The topological polar surface area (TPSA) is 71.2 Å². The Labute approximate surface area is 93.5 Å². The molecule has 0 spiro atoms. The molecule has 0 aliphatic carbocycles. The van der Waals surface area contributed by atoms with Crippen molar-refractivity contribution in [3.05, 3.63) is 33.2 Å². The van der Waals surface area contributed by atoms with Gasteiger partial charge in [0.1, 0.15) is 11.3 Å². The van der Waals surface area contributed by atoms with E-state index in [0.29, 0.717) is 0 Å². The van der Waals surface area contributed by atoms with Crippen LogP contribution in [0, 0.1) is 6.92 Å². The van der Waals surface area contributed by atoms with Crippen LogP contribution in [0.15, 0.2) is 10.9 Å². The largest absolute Gasteiger partial charge is 0.431 e. The predicted octanol–water partition coefficient (Wildman–Crippen LogP) is 0.993. The Morgan fingerprint density at radius 3 is 2.53 bits per heavy atom. The zero-order valence-corrected chi connectivity index (χ0v) is 8.94. The smallest absolute Gasteiger partial charge is 0.317 e. The zero-order valence-electron chi connectivity index (χ0n) is 8.94. The highest BCUT2D eigenvalue weighted by molar-refractivity contribution is 5.93. The Bertz CT molecular complexity index is 493. The molecule has 0 aromatic carbocycles. The van der Waals surface area contributed by atoms with E-state index in [2.05, 4.69) is 4.84 Å². The van der Waals surface area contributed by atoms with Crippen molar-refractivity contribution in [2.75, 3.05) is 7.11 Å². The van der Waals surface area contributed by atoms with Crippen molar-refractivity contribution in [3.8, 4) is 0 Å². The molecule has 1 aromatic heterocycles. The van der Waals surface area contributed by atoms with Gasteiger partial charge in [-0.1, -0.05) is 0 Å². The normalized spacial score (nSPS) is 11.4. The number of amides is 1. The summed E-state index contributed by atoms with van der Waals surface area (Å²) in [6, 6.07) is 0.857. The average molecular weight is 250 g/mol. The molecule has 2 N–H and O–H groups in total. The maximum absolute atomic E-state index is 12.4. The molecule has 0 aliphatic rings. The van der Waals surface area contributed by atoms with E-state index in [1.165, 1.54) is 0 Å². The second-order valence-corrected chi connectivity index (χ2v) is 3.20. The highest BCUT2D eigenvalue weighted by atomic mass is 19.4. The molecule has 0 fully saturated rings. The fourth-order valence-corrected chi connectivity index (χ4v) is 1.24. The average Bonchev–Trinajstić information content (AvgIpc) is 2.19. The maximum atomic E-state index is 12.4. The number of hydroxylamine groups is 1. The summed E-state index contributed by atoms with van der Waals surface area (Å²) in [6.07, 6.45) is -4.67. The molecular weight excluding hydrogens is 241 g/mol. The molecule has 17 heavy (non-hydrogen) atoms. The lowest BCUT2D eigenvalue weighted by Crippen LogP contribution is -2.30. The summed E-state index contributed by atoms with van der Waals surface area (Å²) < 4.78 is 37.2. The number of pyridine rings is 1. The van der Waals surface area contributed by atoms with Gasteiger partial charge < -0.3 is 4.98 Å². The van der Waals surface area contributed by atoms with Crippen LogP contribution in [0.25, 0.3) is 0 Å². The molecular formula is C9H9F3N2O3. The van der Waals surface area contributed by atoms with E-state index in [-0.39, 0.29) is 5.56 Å². The first-order valence-corrected chi connectivity index (χ1v) is 4.41. The lowest BCUT2D eigenvalue weighted by molar-refractivity contribution is -0.141. The number of aryl methyl sites for hydroxylation is 1. The minimum atomic E-state index is -4.67. The molecule has 94 valence electrons. The summed E-state index contributed by atoms with van der Waals surface area (Å²) in [5, 5.41) is 0. The van der Waals surface area contributed by atoms with Gasteiger partial charge in [0, 0.05) is 0 Å². The van der Waals surface area contributed by atoms with E-state index in [1.54, 1.807) is 4.98 Å². The van der Waals surface area contributed by atoms with Crippen LogP contribution in [0.3, 0.4) is 0 Å². The predicted molar refractivity (Wildman–Crippen MR) is 51.3 cm³/mol. The lowest BCUT2D eigenvalue weighted by Gasteiger charge is -2.10. The van der Waals surface area contributed by atoms with Crippen molar-refractivity contribution in [3.63, 3.8) is 0 Å². The third-order valence-corrected chi connectivity index (χ3v) is 1.96. The molecule has 1 amide bonds. The Balaban J connectivity index is 3.29. The number of aromatic nitrogens is 1. The van der Waals surface area contributed by atoms with Crippen molar-refractivity contribution in [2.24, 2.45) is 0 Å². The summed E-state index contributed by atoms with van der Waals surface area (Å²) in [5.74, 6) is -0.912. The number of carbonyl (C=O) groups is 1. The van der Waals surface area contributed by atoms with Crippen LogP contribution in [0.1, 0.15) is 21.6 Å². The molecule has 5 nitrogen and oxygen atoms in total. The van der Waals surface area contributed by atoms with Gasteiger partial charge >= 0.3 is 6.18 Å². The number of H-pyrrole nitrogens is 1. The second kappa shape index (κ2) is 4.58. The number of nitrogens with one attached hydrogen (secondary N) is 2. The van der Waals surface area contributed by atoms with E-state index in [4.69, 9.17) is 0 Å². The van der Waals surface area contributed by atoms with Gasteiger partial charge in [-0.3, -0.25) is 14.4 Å². The second-order valence-electron chi connectivity index (χ2n) is 3.20. The van der Waals surface area contributed by atoms with Crippen LogP contribution in [-0.4, -0.2) is 18.0 Å². The van der Waals surface area contributed by atoms with Crippen molar-refractivity contribution < 1.29 is 22.8 Å². The molecule has 0 atom stereocenters. The fraction of sp³-hybridized carbons (Fsp3) is 0.333. The Morgan fingerprint density at radius 2 is 2.06 bits per heavy atom. The minimum Gasteiger partial charge on any atom is -0.317 e. The molecule has 0 unspecified atom stereocenters. The summed E-state index contributed by atoms with van der Waals surface area (Å²) in [4.78, 5) is 28.4. The van der Waals surface area contributed by atoms with Crippen molar-refractivity contribution in [2.45, 2.75) is 13.1 Å². The summed E-state index contributed by atoms with van der Waals surface area (Å²) >= 11 is 0. The van der Waals surface area contributed by atoms with Gasteiger partial charge in [0.15, 0.2) is 0 Å². The SMILES string of the molecule is CONC(=O)c1cc(C)c(C(F)(F)F)[nH]c1=O. The number of halogens is 3.